The van der Waals surface area contributed by atoms with Gasteiger partial charge >= 0.3 is 0 Å². The highest BCUT2D eigenvalue weighted by Crippen LogP contribution is 2.32. The summed E-state index contributed by atoms with van der Waals surface area (Å²) in [6.07, 6.45) is 2.84. The molecule has 0 aliphatic heterocycles. The third-order valence-electron chi connectivity index (χ3n) is 3.18. The molecule has 4 heteroatoms. The molecule has 0 amide bonds. The Morgan fingerprint density at radius 2 is 1.85 bits per heavy atom. The van der Waals surface area contributed by atoms with Gasteiger partial charge in [0.2, 0.25) is 0 Å². The number of hydrogen-bond acceptors (Lipinski definition) is 2. The van der Waals surface area contributed by atoms with Gasteiger partial charge in [0, 0.05) is 10.9 Å². The zero-order valence-corrected chi connectivity index (χ0v) is 13.6. The summed E-state index contributed by atoms with van der Waals surface area (Å²) in [6, 6.07) is 6.09. The molecular formula is C16H25F2NS. The highest BCUT2D eigenvalue weighted by atomic mass is 32.2. The zero-order valence-electron chi connectivity index (χ0n) is 12.7. The van der Waals surface area contributed by atoms with Crippen molar-refractivity contribution in [3.63, 3.8) is 0 Å². The summed E-state index contributed by atoms with van der Waals surface area (Å²) < 4.78 is 25.2. The van der Waals surface area contributed by atoms with E-state index in [2.05, 4.69) is 26.8 Å². The minimum Gasteiger partial charge on any atom is -0.328 e. The SMILES string of the molecule is C[C@H](N)CCCc1cc(SC(F)F)cc(C(C)(C)C)c1. The van der Waals surface area contributed by atoms with Crippen LogP contribution in [-0.4, -0.2) is 11.8 Å². The lowest BCUT2D eigenvalue weighted by molar-refractivity contribution is 0.252. The minimum absolute atomic E-state index is 0.0331. The summed E-state index contributed by atoms with van der Waals surface area (Å²) in [7, 11) is 0. The quantitative estimate of drug-likeness (QED) is 0.751. The van der Waals surface area contributed by atoms with Crippen LogP contribution in [0.5, 0.6) is 0 Å². The minimum atomic E-state index is -2.37. The number of benzene rings is 1. The fourth-order valence-electron chi connectivity index (χ4n) is 2.04. The molecule has 0 unspecified atom stereocenters. The lowest BCUT2D eigenvalue weighted by Gasteiger charge is -2.21. The number of hydrogen-bond donors (Lipinski definition) is 1. The fraction of sp³-hybridized carbons (Fsp3) is 0.625. The standard InChI is InChI=1S/C16H25F2NS/c1-11(19)6-5-7-12-8-13(16(2,3)4)10-14(9-12)20-15(17)18/h8-11,15H,5-7,19H2,1-4H3/t11-/m0/s1. The van der Waals surface area contributed by atoms with Crippen molar-refractivity contribution in [2.24, 2.45) is 5.73 Å². The van der Waals surface area contributed by atoms with E-state index in [9.17, 15) is 8.78 Å². The lowest BCUT2D eigenvalue weighted by Crippen LogP contribution is -2.15. The molecule has 1 aromatic rings. The molecule has 0 aromatic heterocycles. The molecule has 0 aliphatic carbocycles. The van der Waals surface area contributed by atoms with Gasteiger partial charge in [-0.3, -0.25) is 0 Å². The van der Waals surface area contributed by atoms with Crippen molar-refractivity contribution in [3.05, 3.63) is 29.3 Å². The number of halogens is 2. The van der Waals surface area contributed by atoms with Crippen LogP contribution in [0.1, 0.15) is 51.7 Å². The molecule has 0 radical (unpaired) electrons. The maximum Gasteiger partial charge on any atom is 0.288 e. The monoisotopic (exact) mass is 301 g/mol. The van der Waals surface area contributed by atoms with E-state index >= 15 is 0 Å². The summed E-state index contributed by atoms with van der Waals surface area (Å²) in [6.45, 7) is 8.30. The Morgan fingerprint density at radius 1 is 1.20 bits per heavy atom. The molecule has 0 aliphatic rings. The molecule has 1 atom stereocenters. The number of aryl methyl sites for hydroxylation is 1. The average Bonchev–Trinajstić information content (AvgIpc) is 2.25. The first-order valence-electron chi connectivity index (χ1n) is 7.03. The highest BCUT2D eigenvalue weighted by molar-refractivity contribution is 7.99. The van der Waals surface area contributed by atoms with Gasteiger partial charge < -0.3 is 5.73 Å². The summed E-state index contributed by atoms with van der Waals surface area (Å²) in [5, 5.41) is 0. The Hall–Kier alpha value is -0.610. The molecular weight excluding hydrogens is 276 g/mol. The second-order valence-corrected chi connectivity index (χ2v) is 7.43. The van der Waals surface area contributed by atoms with Gasteiger partial charge in [0.05, 0.1) is 0 Å². The highest BCUT2D eigenvalue weighted by Gasteiger charge is 2.17. The first-order chi connectivity index (χ1) is 9.18. The van der Waals surface area contributed by atoms with Crippen LogP contribution in [0.15, 0.2) is 23.1 Å². The van der Waals surface area contributed by atoms with E-state index in [4.69, 9.17) is 5.73 Å². The number of rotatable bonds is 6. The molecule has 0 heterocycles. The van der Waals surface area contributed by atoms with E-state index in [1.807, 2.05) is 19.1 Å². The molecule has 1 nitrogen and oxygen atoms in total. The Kier molecular flexibility index (Phi) is 6.46. The Morgan fingerprint density at radius 3 is 2.35 bits per heavy atom. The fourth-order valence-corrected chi connectivity index (χ4v) is 2.66. The topological polar surface area (TPSA) is 26.0 Å². The van der Waals surface area contributed by atoms with Crippen molar-refractivity contribution < 1.29 is 8.78 Å². The Balaban J connectivity index is 2.92. The van der Waals surface area contributed by atoms with Crippen LogP contribution < -0.4 is 5.73 Å². The molecule has 1 aromatic carbocycles. The predicted molar refractivity (Wildman–Crippen MR) is 83.6 cm³/mol. The van der Waals surface area contributed by atoms with Gasteiger partial charge in [-0.25, -0.2) is 0 Å². The van der Waals surface area contributed by atoms with E-state index in [0.29, 0.717) is 16.7 Å². The Labute approximate surface area is 125 Å². The Bertz CT molecular complexity index is 425. The third-order valence-corrected chi connectivity index (χ3v) is 3.87. The van der Waals surface area contributed by atoms with Crippen molar-refractivity contribution in [2.75, 3.05) is 0 Å². The molecule has 0 saturated heterocycles. The molecule has 0 bridgehead atoms. The van der Waals surface area contributed by atoms with Crippen LogP contribution in [0.3, 0.4) is 0 Å². The van der Waals surface area contributed by atoms with Gasteiger partial charge in [-0.15, -0.1) is 0 Å². The first-order valence-corrected chi connectivity index (χ1v) is 7.91. The maximum absolute atomic E-state index is 12.6. The molecule has 20 heavy (non-hydrogen) atoms. The summed E-state index contributed by atoms with van der Waals surface area (Å²) in [4.78, 5) is 0.656. The van der Waals surface area contributed by atoms with E-state index in [1.54, 1.807) is 0 Å². The normalized spacial score (nSPS) is 13.8. The average molecular weight is 301 g/mol. The molecule has 2 N–H and O–H groups in total. The molecule has 0 saturated carbocycles. The lowest BCUT2D eigenvalue weighted by atomic mass is 9.85. The number of alkyl halides is 2. The van der Waals surface area contributed by atoms with Gasteiger partial charge in [-0.05, 0) is 54.9 Å². The maximum atomic E-state index is 12.6. The number of thioether (sulfide) groups is 1. The van der Waals surface area contributed by atoms with Crippen LogP contribution in [0.4, 0.5) is 8.78 Å². The van der Waals surface area contributed by atoms with Crippen LogP contribution in [0, 0.1) is 0 Å². The second-order valence-electron chi connectivity index (χ2n) is 6.36. The molecule has 0 fully saturated rings. The largest absolute Gasteiger partial charge is 0.328 e. The van der Waals surface area contributed by atoms with Gasteiger partial charge in [0.25, 0.3) is 5.76 Å². The number of nitrogens with two attached hydrogens (primary N) is 1. The molecule has 0 spiro atoms. The molecule has 114 valence electrons. The van der Waals surface area contributed by atoms with E-state index in [-0.39, 0.29) is 11.5 Å². The first kappa shape index (κ1) is 17.4. The molecule has 1 rings (SSSR count). The summed E-state index contributed by atoms with van der Waals surface area (Å²) >= 11 is 0.625. The van der Waals surface area contributed by atoms with Crippen molar-refractivity contribution in [1.82, 2.24) is 0 Å². The third kappa shape index (κ3) is 6.23. The van der Waals surface area contributed by atoms with Gasteiger partial charge in [-0.2, -0.15) is 8.78 Å². The van der Waals surface area contributed by atoms with Crippen LogP contribution >= 0.6 is 11.8 Å². The van der Waals surface area contributed by atoms with Crippen molar-refractivity contribution in [3.8, 4) is 0 Å². The van der Waals surface area contributed by atoms with Crippen molar-refractivity contribution in [1.29, 1.82) is 0 Å². The van der Waals surface area contributed by atoms with Crippen LogP contribution in [0.2, 0.25) is 0 Å². The van der Waals surface area contributed by atoms with Gasteiger partial charge in [0.15, 0.2) is 0 Å². The van der Waals surface area contributed by atoms with Crippen molar-refractivity contribution in [2.45, 2.75) is 69.1 Å². The van der Waals surface area contributed by atoms with Crippen molar-refractivity contribution >= 4 is 11.8 Å². The zero-order chi connectivity index (χ0) is 15.3. The van der Waals surface area contributed by atoms with Crippen LogP contribution in [0.25, 0.3) is 0 Å². The van der Waals surface area contributed by atoms with E-state index in [1.165, 1.54) is 0 Å². The summed E-state index contributed by atoms with van der Waals surface area (Å²) in [5.41, 5.74) is 7.95. The van der Waals surface area contributed by atoms with Gasteiger partial charge in [0.1, 0.15) is 0 Å². The van der Waals surface area contributed by atoms with Gasteiger partial charge in [-0.1, -0.05) is 38.6 Å². The predicted octanol–water partition coefficient (Wildman–Crippen LogP) is 4.97. The van der Waals surface area contributed by atoms with E-state index in [0.717, 1.165) is 30.4 Å². The smallest absolute Gasteiger partial charge is 0.288 e. The van der Waals surface area contributed by atoms with Crippen LogP contribution in [-0.2, 0) is 11.8 Å². The van der Waals surface area contributed by atoms with E-state index < -0.39 is 5.76 Å². The summed E-state index contributed by atoms with van der Waals surface area (Å²) in [5.74, 6) is -2.37. The second kappa shape index (κ2) is 7.41.